The van der Waals surface area contributed by atoms with E-state index < -0.39 is 0 Å². The van der Waals surface area contributed by atoms with Crippen LogP contribution in [0.5, 0.6) is 0 Å². The van der Waals surface area contributed by atoms with Gasteiger partial charge in [0.25, 0.3) is 5.56 Å². The molecule has 0 bridgehead atoms. The molecule has 3 aromatic heterocycles. The Balaban J connectivity index is 1.45. The molecule has 0 unspecified atom stereocenters. The Labute approximate surface area is 192 Å². The molecule has 9 heteroatoms. The largest absolute Gasteiger partial charge is 0.338 e. The first-order chi connectivity index (χ1) is 15.7. The lowest BCUT2D eigenvalue weighted by atomic mass is 10.2. The van der Waals surface area contributed by atoms with Gasteiger partial charge in [0.15, 0.2) is 5.16 Å². The monoisotopic (exact) mass is 461 g/mol. The van der Waals surface area contributed by atoms with E-state index in [4.69, 9.17) is 21.1 Å². The van der Waals surface area contributed by atoms with Crippen LogP contribution in [0, 0.1) is 0 Å². The molecule has 3 heterocycles. The fourth-order valence-electron chi connectivity index (χ4n) is 3.23. The third kappa shape index (κ3) is 4.28. The predicted molar refractivity (Wildman–Crippen MR) is 124 cm³/mol. The Hall–Kier alpha value is -3.49. The van der Waals surface area contributed by atoms with Crippen LogP contribution in [0.4, 0.5) is 0 Å². The van der Waals surface area contributed by atoms with Gasteiger partial charge >= 0.3 is 0 Å². The number of nitrogens with zero attached hydrogens (tertiary/aromatic N) is 5. The number of thioether (sulfide) groups is 1. The second-order valence-corrected chi connectivity index (χ2v) is 8.35. The highest BCUT2D eigenvalue weighted by Crippen LogP contribution is 2.24. The van der Waals surface area contributed by atoms with E-state index in [0.717, 1.165) is 11.1 Å². The van der Waals surface area contributed by atoms with Crippen molar-refractivity contribution in [2.24, 2.45) is 0 Å². The van der Waals surface area contributed by atoms with Gasteiger partial charge in [-0.1, -0.05) is 46.7 Å². The Morgan fingerprint density at radius 1 is 1.00 bits per heavy atom. The van der Waals surface area contributed by atoms with E-state index in [2.05, 4.69) is 15.1 Å². The van der Waals surface area contributed by atoms with Gasteiger partial charge in [0, 0.05) is 23.0 Å². The summed E-state index contributed by atoms with van der Waals surface area (Å²) in [5.41, 5.74) is 2.27. The molecule has 0 saturated carbocycles. The molecule has 0 aliphatic heterocycles. The van der Waals surface area contributed by atoms with Crippen molar-refractivity contribution >= 4 is 34.3 Å². The van der Waals surface area contributed by atoms with E-state index in [1.807, 2.05) is 42.5 Å². The Morgan fingerprint density at radius 2 is 1.84 bits per heavy atom. The van der Waals surface area contributed by atoms with Crippen LogP contribution < -0.4 is 5.56 Å². The Bertz CT molecular complexity index is 1430. The fourth-order valence-corrected chi connectivity index (χ4v) is 4.19. The zero-order valence-corrected chi connectivity index (χ0v) is 18.3. The molecule has 0 saturated heterocycles. The smallest absolute Gasteiger partial charge is 0.262 e. The van der Waals surface area contributed by atoms with E-state index in [9.17, 15) is 4.79 Å². The minimum Gasteiger partial charge on any atom is -0.338 e. The van der Waals surface area contributed by atoms with Crippen molar-refractivity contribution in [3.8, 4) is 11.4 Å². The lowest BCUT2D eigenvalue weighted by Crippen LogP contribution is -2.24. The molecule has 7 nitrogen and oxygen atoms in total. The molecule has 5 rings (SSSR count). The number of aromatic nitrogens is 5. The van der Waals surface area contributed by atoms with Crippen molar-refractivity contribution in [1.29, 1.82) is 0 Å². The zero-order chi connectivity index (χ0) is 21.9. The lowest BCUT2D eigenvalue weighted by molar-refractivity contribution is 0.391. The van der Waals surface area contributed by atoms with E-state index in [1.54, 1.807) is 35.2 Å². The first kappa shape index (κ1) is 20.4. The molecule has 0 aliphatic rings. The second-order valence-electron chi connectivity index (χ2n) is 6.97. The summed E-state index contributed by atoms with van der Waals surface area (Å²) in [4.78, 5) is 26.5. The number of rotatable bonds is 6. The van der Waals surface area contributed by atoms with E-state index >= 15 is 0 Å². The molecular formula is C23H16ClN5O2S. The molecule has 0 amide bonds. The van der Waals surface area contributed by atoms with Gasteiger partial charge in [-0.3, -0.25) is 14.3 Å². The van der Waals surface area contributed by atoms with Gasteiger partial charge in [-0.2, -0.15) is 4.98 Å². The fraction of sp³-hybridized carbons (Fsp3) is 0.0870. The average Bonchev–Trinajstić information content (AvgIpc) is 3.30. The quantitative estimate of drug-likeness (QED) is 0.264. The minimum absolute atomic E-state index is 0.102. The minimum atomic E-state index is -0.102. The summed E-state index contributed by atoms with van der Waals surface area (Å²) >= 11 is 7.32. The first-order valence-electron chi connectivity index (χ1n) is 9.77. The second kappa shape index (κ2) is 8.94. The standard InChI is InChI=1S/C23H16ClN5O2S/c24-17-9-7-16(8-10-17)21-27-20(31-28-21)14-32-23-26-19-6-2-1-5-18(19)22(30)29(23)13-15-4-3-11-25-12-15/h1-12H,13-14H2. The molecule has 2 aromatic carbocycles. The molecular weight excluding hydrogens is 446 g/mol. The molecule has 5 aromatic rings. The van der Waals surface area contributed by atoms with Crippen molar-refractivity contribution in [2.45, 2.75) is 17.5 Å². The number of para-hydroxylation sites is 1. The zero-order valence-electron chi connectivity index (χ0n) is 16.7. The first-order valence-corrected chi connectivity index (χ1v) is 11.1. The van der Waals surface area contributed by atoms with Crippen molar-refractivity contribution in [2.75, 3.05) is 0 Å². The van der Waals surface area contributed by atoms with Crippen LogP contribution in [0.2, 0.25) is 5.02 Å². The Morgan fingerprint density at radius 3 is 2.66 bits per heavy atom. The van der Waals surface area contributed by atoms with Crippen molar-refractivity contribution in [3.63, 3.8) is 0 Å². The summed E-state index contributed by atoms with van der Waals surface area (Å²) in [5, 5.41) is 5.83. The third-order valence-corrected chi connectivity index (χ3v) is 6.00. The third-order valence-electron chi connectivity index (χ3n) is 4.79. The summed E-state index contributed by atoms with van der Waals surface area (Å²) in [6.45, 7) is 0.368. The maximum Gasteiger partial charge on any atom is 0.262 e. The van der Waals surface area contributed by atoms with Crippen LogP contribution in [0.25, 0.3) is 22.3 Å². The van der Waals surface area contributed by atoms with Gasteiger partial charge in [0.2, 0.25) is 11.7 Å². The maximum absolute atomic E-state index is 13.2. The average molecular weight is 462 g/mol. The van der Waals surface area contributed by atoms with Crippen LogP contribution in [0.3, 0.4) is 0 Å². The topological polar surface area (TPSA) is 86.7 Å². The van der Waals surface area contributed by atoms with E-state index in [-0.39, 0.29) is 5.56 Å². The number of pyridine rings is 1. The number of benzene rings is 2. The van der Waals surface area contributed by atoms with E-state index in [1.165, 1.54) is 11.8 Å². The summed E-state index contributed by atoms with van der Waals surface area (Å²) in [6, 6.07) is 18.3. The molecule has 0 radical (unpaired) electrons. The molecule has 0 aliphatic carbocycles. The molecule has 0 spiro atoms. The number of fused-ring (bicyclic) bond motifs is 1. The number of hydrogen-bond donors (Lipinski definition) is 0. The molecule has 0 atom stereocenters. The van der Waals surface area contributed by atoms with Gasteiger partial charge < -0.3 is 4.52 Å². The van der Waals surface area contributed by atoms with Gasteiger partial charge in [-0.05, 0) is 48.0 Å². The van der Waals surface area contributed by atoms with Crippen LogP contribution in [0.15, 0.2) is 87.5 Å². The van der Waals surface area contributed by atoms with Crippen LogP contribution >= 0.6 is 23.4 Å². The van der Waals surface area contributed by atoms with Gasteiger partial charge in [0.05, 0.1) is 23.2 Å². The van der Waals surface area contributed by atoms with Crippen LogP contribution in [0.1, 0.15) is 11.5 Å². The van der Waals surface area contributed by atoms with Crippen molar-refractivity contribution in [3.05, 3.63) is 99.9 Å². The SMILES string of the molecule is O=c1c2ccccc2nc(SCc2nc(-c3ccc(Cl)cc3)no2)n1Cc1cccnc1. The maximum atomic E-state index is 13.2. The summed E-state index contributed by atoms with van der Waals surface area (Å²) in [6.07, 6.45) is 3.45. The summed E-state index contributed by atoms with van der Waals surface area (Å²) in [7, 11) is 0. The molecule has 32 heavy (non-hydrogen) atoms. The van der Waals surface area contributed by atoms with Crippen molar-refractivity contribution < 1.29 is 4.52 Å². The number of hydrogen-bond acceptors (Lipinski definition) is 7. The lowest BCUT2D eigenvalue weighted by Gasteiger charge is -2.12. The number of halogens is 1. The highest BCUT2D eigenvalue weighted by atomic mass is 35.5. The van der Waals surface area contributed by atoms with Gasteiger partial charge in [0.1, 0.15) is 0 Å². The van der Waals surface area contributed by atoms with E-state index in [0.29, 0.717) is 45.1 Å². The highest BCUT2D eigenvalue weighted by molar-refractivity contribution is 7.98. The molecule has 0 fully saturated rings. The predicted octanol–water partition coefficient (Wildman–Crippen LogP) is 4.84. The Kier molecular flexibility index (Phi) is 5.70. The molecule has 0 N–H and O–H groups in total. The van der Waals surface area contributed by atoms with Gasteiger partial charge in [-0.25, -0.2) is 4.98 Å². The molecule has 158 valence electrons. The highest BCUT2D eigenvalue weighted by Gasteiger charge is 2.15. The summed E-state index contributed by atoms with van der Waals surface area (Å²) < 4.78 is 7.06. The van der Waals surface area contributed by atoms with Crippen LogP contribution in [-0.4, -0.2) is 24.7 Å². The summed E-state index contributed by atoms with van der Waals surface area (Å²) in [5.74, 6) is 1.30. The van der Waals surface area contributed by atoms with Crippen LogP contribution in [-0.2, 0) is 12.3 Å². The van der Waals surface area contributed by atoms with Gasteiger partial charge in [-0.15, -0.1) is 0 Å². The normalized spacial score (nSPS) is 11.2. The van der Waals surface area contributed by atoms with Crippen molar-refractivity contribution in [1.82, 2.24) is 24.7 Å².